The lowest BCUT2D eigenvalue weighted by atomic mass is 10.1. The lowest BCUT2D eigenvalue weighted by Gasteiger charge is -2.14. The fourth-order valence-electron chi connectivity index (χ4n) is 2.09. The van der Waals surface area contributed by atoms with Crippen molar-refractivity contribution in [2.75, 3.05) is 0 Å². The van der Waals surface area contributed by atoms with Gasteiger partial charge in [0.2, 0.25) is 0 Å². The van der Waals surface area contributed by atoms with E-state index in [1.807, 2.05) is 10.8 Å². The maximum atomic E-state index is 13.0. The molecule has 0 bridgehead atoms. The minimum absolute atomic E-state index is 0.246. The molecule has 1 heterocycles. The highest BCUT2D eigenvalue weighted by molar-refractivity contribution is 6.31. The molecule has 19 heavy (non-hydrogen) atoms. The van der Waals surface area contributed by atoms with Gasteiger partial charge in [-0.05, 0) is 30.5 Å². The van der Waals surface area contributed by atoms with Crippen LogP contribution in [-0.4, -0.2) is 9.55 Å². The zero-order valence-corrected chi connectivity index (χ0v) is 11.6. The average molecular weight is 282 g/mol. The molecule has 1 aromatic carbocycles. The molecule has 0 saturated heterocycles. The maximum Gasteiger partial charge on any atom is 0.125 e. The summed E-state index contributed by atoms with van der Waals surface area (Å²) >= 11 is 6.01. The molecule has 0 fully saturated rings. The summed E-state index contributed by atoms with van der Waals surface area (Å²) in [4.78, 5) is 4.30. The van der Waals surface area contributed by atoms with Crippen molar-refractivity contribution >= 4 is 11.6 Å². The zero-order chi connectivity index (χ0) is 13.8. The first-order valence-corrected chi connectivity index (χ1v) is 6.70. The summed E-state index contributed by atoms with van der Waals surface area (Å²) in [6.07, 6.45) is 5.23. The molecule has 0 aliphatic heterocycles. The van der Waals surface area contributed by atoms with E-state index in [2.05, 4.69) is 11.9 Å². The monoisotopic (exact) mass is 281 g/mol. The molecule has 2 aromatic rings. The molecule has 2 N–H and O–H groups in total. The molecule has 1 atom stereocenters. The highest BCUT2D eigenvalue weighted by atomic mass is 35.5. The Morgan fingerprint density at radius 1 is 1.47 bits per heavy atom. The van der Waals surface area contributed by atoms with Gasteiger partial charge in [-0.2, -0.15) is 0 Å². The Morgan fingerprint density at radius 3 is 2.95 bits per heavy atom. The second-order valence-electron chi connectivity index (χ2n) is 4.53. The molecule has 0 amide bonds. The van der Waals surface area contributed by atoms with E-state index in [9.17, 15) is 4.39 Å². The van der Waals surface area contributed by atoms with Gasteiger partial charge in [0.05, 0.1) is 6.04 Å². The number of hydrogen-bond acceptors (Lipinski definition) is 2. The fourth-order valence-corrected chi connectivity index (χ4v) is 2.34. The summed E-state index contributed by atoms with van der Waals surface area (Å²) in [6, 6.07) is 4.13. The number of imidazole rings is 1. The lowest BCUT2D eigenvalue weighted by Crippen LogP contribution is -2.19. The van der Waals surface area contributed by atoms with E-state index in [1.54, 1.807) is 12.3 Å². The minimum Gasteiger partial charge on any atom is -0.334 e. The highest BCUT2D eigenvalue weighted by Crippen LogP contribution is 2.22. The van der Waals surface area contributed by atoms with Crippen molar-refractivity contribution in [3.63, 3.8) is 0 Å². The summed E-state index contributed by atoms with van der Waals surface area (Å²) in [7, 11) is 0. The van der Waals surface area contributed by atoms with Crippen molar-refractivity contribution < 1.29 is 4.39 Å². The van der Waals surface area contributed by atoms with Gasteiger partial charge in [0.1, 0.15) is 11.6 Å². The Balaban J connectivity index is 2.16. The van der Waals surface area contributed by atoms with Crippen molar-refractivity contribution in [2.24, 2.45) is 5.73 Å². The Kier molecular flexibility index (Phi) is 4.56. The molecular formula is C14H17ClFN3. The van der Waals surface area contributed by atoms with Gasteiger partial charge >= 0.3 is 0 Å². The van der Waals surface area contributed by atoms with Gasteiger partial charge in [-0.25, -0.2) is 9.37 Å². The third kappa shape index (κ3) is 3.33. The standard InChI is InChI=1S/C14H17ClFN3/c1-2-6-19-7-5-18-14(19)13(17)8-10-3-4-11(16)9-12(10)15/h3-5,7,9,13H,2,6,8,17H2,1H3. The first-order chi connectivity index (χ1) is 9.11. The lowest BCUT2D eigenvalue weighted by molar-refractivity contribution is 0.573. The normalized spacial score (nSPS) is 12.6. The molecule has 1 unspecified atom stereocenters. The number of benzene rings is 1. The van der Waals surface area contributed by atoms with Crippen LogP contribution < -0.4 is 5.73 Å². The summed E-state index contributed by atoms with van der Waals surface area (Å²) < 4.78 is 15.0. The van der Waals surface area contributed by atoms with Gasteiger partial charge in [-0.1, -0.05) is 24.6 Å². The van der Waals surface area contributed by atoms with E-state index in [1.165, 1.54) is 12.1 Å². The van der Waals surface area contributed by atoms with Crippen LogP contribution >= 0.6 is 11.6 Å². The number of aromatic nitrogens is 2. The second kappa shape index (κ2) is 6.17. The smallest absolute Gasteiger partial charge is 0.125 e. The van der Waals surface area contributed by atoms with Crippen LogP contribution in [-0.2, 0) is 13.0 Å². The first kappa shape index (κ1) is 14.0. The van der Waals surface area contributed by atoms with Gasteiger partial charge in [-0.3, -0.25) is 0 Å². The number of nitrogens with two attached hydrogens (primary N) is 1. The molecule has 1 aromatic heterocycles. The van der Waals surface area contributed by atoms with Gasteiger partial charge in [0.25, 0.3) is 0 Å². The van der Waals surface area contributed by atoms with E-state index < -0.39 is 0 Å². The molecule has 0 aliphatic carbocycles. The summed E-state index contributed by atoms with van der Waals surface area (Å²) in [5.41, 5.74) is 7.01. The third-order valence-electron chi connectivity index (χ3n) is 3.00. The van der Waals surface area contributed by atoms with Crippen molar-refractivity contribution in [2.45, 2.75) is 32.4 Å². The van der Waals surface area contributed by atoms with Crippen LogP contribution in [0.4, 0.5) is 4.39 Å². The molecule has 0 radical (unpaired) electrons. The summed E-state index contributed by atoms with van der Waals surface area (Å²) in [6.45, 7) is 2.99. The van der Waals surface area contributed by atoms with Crippen LogP contribution in [0.1, 0.15) is 30.8 Å². The molecule has 5 heteroatoms. The second-order valence-corrected chi connectivity index (χ2v) is 4.93. The Labute approximate surface area is 117 Å². The van der Waals surface area contributed by atoms with Crippen LogP contribution in [0.5, 0.6) is 0 Å². The molecule has 102 valence electrons. The van der Waals surface area contributed by atoms with Gasteiger partial charge in [-0.15, -0.1) is 0 Å². The van der Waals surface area contributed by atoms with Crippen molar-refractivity contribution in [1.82, 2.24) is 9.55 Å². The highest BCUT2D eigenvalue weighted by Gasteiger charge is 2.14. The number of nitrogens with zero attached hydrogens (tertiary/aromatic N) is 2. The summed E-state index contributed by atoms with van der Waals surface area (Å²) in [5.74, 6) is 0.497. The molecule has 0 saturated carbocycles. The number of hydrogen-bond donors (Lipinski definition) is 1. The Bertz CT molecular complexity index is 553. The predicted molar refractivity (Wildman–Crippen MR) is 74.6 cm³/mol. The largest absolute Gasteiger partial charge is 0.334 e. The van der Waals surface area contributed by atoms with E-state index in [0.29, 0.717) is 11.4 Å². The summed E-state index contributed by atoms with van der Waals surface area (Å²) in [5, 5.41) is 0.407. The van der Waals surface area contributed by atoms with Crippen molar-refractivity contribution in [3.8, 4) is 0 Å². The molecule has 0 aliphatic rings. The van der Waals surface area contributed by atoms with E-state index in [-0.39, 0.29) is 11.9 Å². The molecular weight excluding hydrogens is 265 g/mol. The quantitative estimate of drug-likeness (QED) is 0.913. The Morgan fingerprint density at radius 2 is 2.26 bits per heavy atom. The van der Waals surface area contributed by atoms with Crippen LogP contribution in [0.3, 0.4) is 0 Å². The van der Waals surface area contributed by atoms with Crippen molar-refractivity contribution in [1.29, 1.82) is 0 Å². The molecule has 2 rings (SSSR count). The minimum atomic E-state index is -0.338. The predicted octanol–water partition coefficient (Wildman–Crippen LogP) is 3.33. The van der Waals surface area contributed by atoms with E-state index >= 15 is 0 Å². The molecule has 0 spiro atoms. The maximum absolute atomic E-state index is 13.0. The van der Waals surface area contributed by atoms with E-state index in [4.69, 9.17) is 17.3 Å². The van der Waals surface area contributed by atoms with Gasteiger partial charge < -0.3 is 10.3 Å². The van der Waals surface area contributed by atoms with Crippen LogP contribution in [0.15, 0.2) is 30.6 Å². The third-order valence-corrected chi connectivity index (χ3v) is 3.35. The first-order valence-electron chi connectivity index (χ1n) is 6.32. The number of halogens is 2. The topological polar surface area (TPSA) is 43.8 Å². The van der Waals surface area contributed by atoms with Crippen molar-refractivity contribution in [3.05, 3.63) is 52.8 Å². The van der Waals surface area contributed by atoms with Crippen LogP contribution in [0, 0.1) is 5.82 Å². The fraction of sp³-hybridized carbons (Fsp3) is 0.357. The zero-order valence-electron chi connectivity index (χ0n) is 10.8. The van der Waals surface area contributed by atoms with Crippen LogP contribution in [0.25, 0.3) is 0 Å². The number of rotatable bonds is 5. The Hall–Kier alpha value is -1.39. The van der Waals surface area contributed by atoms with Crippen LogP contribution in [0.2, 0.25) is 5.02 Å². The van der Waals surface area contributed by atoms with Gasteiger partial charge in [0.15, 0.2) is 0 Å². The molecule has 3 nitrogen and oxygen atoms in total. The van der Waals surface area contributed by atoms with E-state index in [0.717, 1.165) is 24.4 Å². The average Bonchev–Trinajstić information content (AvgIpc) is 2.81. The SMILES string of the molecule is CCCn1ccnc1C(N)Cc1ccc(F)cc1Cl. The van der Waals surface area contributed by atoms with Gasteiger partial charge in [0, 0.05) is 24.0 Å². The number of aryl methyl sites for hydroxylation is 1.